The first-order valence-electron chi connectivity index (χ1n) is 4.78. The van der Waals surface area contributed by atoms with Gasteiger partial charge < -0.3 is 10.5 Å². The van der Waals surface area contributed by atoms with Crippen molar-refractivity contribution in [3.8, 4) is 5.88 Å². The third-order valence-electron chi connectivity index (χ3n) is 2.22. The Morgan fingerprint density at radius 1 is 1.56 bits per heavy atom. The van der Waals surface area contributed by atoms with E-state index < -0.39 is 5.91 Å². The zero-order chi connectivity index (χ0) is 11.7. The maximum absolute atomic E-state index is 10.8. The SMILES string of the molecule is COc1cc2nc(CC(N)=O)cn2c(C)n1. The highest BCUT2D eigenvalue weighted by molar-refractivity contribution is 5.76. The average Bonchev–Trinajstić information content (AvgIpc) is 2.59. The highest BCUT2D eigenvalue weighted by Crippen LogP contribution is 2.13. The van der Waals surface area contributed by atoms with Gasteiger partial charge in [-0.1, -0.05) is 0 Å². The molecule has 2 rings (SSSR count). The summed E-state index contributed by atoms with van der Waals surface area (Å²) >= 11 is 0. The molecule has 2 aromatic heterocycles. The van der Waals surface area contributed by atoms with Gasteiger partial charge in [0, 0.05) is 12.3 Å². The molecule has 2 N–H and O–H groups in total. The quantitative estimate of drug-likeness (QED) is 0.793. The summed E-state index contributed by atoms with van der Waals surface area (Å²) in [6.45, 7) is 1.84. The lowest BCUT2D eigenvalue weighted by Gasteiger charge is -2.01. The fourth-order valence-electron chi connectivity index (χ4n) is 1.53. The Morgan fingerprint density at radius 2 is 2.31 bits per heavy atom. The summed E-state index contributed by atoms with van der Waals surface area (Å²) in [5.74, 6) is 0.847. The second-order valence-electron chi connectivity index (χ2n) is 3.45. The molecule has 0 spiro atoms. The normalized spacial score (nSPS) is 10.6. The van der Waals surface area contributed by atoms with E-state index in [1.165, 1.54) is 0 Å². The van der Waals surface area contributed by atoms with Crippen molar-refractivity contribution in [2.45, 2.75) is 13.3 Å². The van der Waals surface area contributed by atoms with Crippen LogP contribution >= 0.6 is 0 Å². The summed E-state index contributed by atoms with van der Waals surface area (Å²) < 4.78 is 6.83. The third-order valence-corrected chi connectivity index (χ3v) is 2.22. The van der Waals surface area contributed by atoms with E-state index in [-0.39, 0.29) is 6.42 Å². The average molecular weight is 220 g/mol. The monoisotopic (exact) mass is 220 g/mol. The first-order valence-corrected chi connectivity index (χ1v) is 4.78. The number of aryl methyl sites for hydroxylation is 1. The second-order valence-corrected chi connectivity index (χ2v) is 3.45. The molecule has 6 nitrogen and oxygen atoms in total. The Balaban J connectivity index is 2.52. The number of methoxy groups -OCH3 is 1. The van der Waals surface area contributed by atoms with Gasteiger partial charge in [-0.25, -0.2) is 9.97 Å². The molecule has 0 atom stereocenters. The van der Waals surface area contributed by atoms with E-state index in [0.717, 1.165) is 5.82 Å². The smallest absolute Gasteiger partial charge is 0.223 e. The standard InChI is InChI=1S/C10H12N4O2/c1-6-12-10(16-2)4-9-13-7(3-8(11)15)5-14(6)9/h4-5H,3H2,1-2H3,(H2,11,15). The van der Waals surface area contributed by atoms with Gasteiger partial charge >= 0.3 is 0 Å². The molecule has 0 aliphatic heterocycles. The molecule has 0 fully saturated rings. The molecule has 6 heteroatoms. The Bertz CT molecular complexity index is 547. The Labute approximate surface area is 92.1 Å². The highest BCUT2D eigenvalue weighted by atomic mass is 16.5. The van der Waals surface area contributed by atoms with Crippen LogP contribution < -0.4 is 10.5 Å². The number of rotatable bonds is 3. The van der Waals surface area contributed by atoms with Gasteiger partial charge in [-0.2, -0.15) is 0 Å². The molecule has 84 valence electrons. The zero-order valence-corrected chi connectivity index (χ0v) is 9.10. The minimum atomic E-state index is -0.402. The molecular formula is C10H12N4O2. The molecule has 0 aliphatic rings. The molecule has 16 heavy (non-hydrogen) atoms. The number of amides is 1. The number of nitrogens with zero attached hydrogens (tertiary/aromatic N) is 3. The lowest BCUT2D eigenvalue weighted by molar-refractivity contribution is -0.117. The molecule has 0 saturated carbocycles. The van der Waals surface area contributed by atoms with Crippen molar-refractivity contribution in [3.05, 3.63) is 23.8 Å². The molecular weight excluding hydrogens is 208 g/mol. The van der Waals surface area contributed by atoms with Gasteiger partial charge in [0.15, 0.2) is 0 Å². The number of carbonyl (C=O) groups excluding carboxylic acids is 1. The maximum Gasteiger partial charge on any atom is 0.223 e. The summed E-state index contributed by atoms with van der Waals surface area (Å²) in [5, 5.41) is 0. The number of imidazole rings is 1. The molecule has 0 saturated heterocycles. The van der Waals surface area contributed by atoms with Crippen molar-refractivity contribution in [2.24, 2.45) is 5.73 Å². The lowest BCUT2D eigenvalue weighted by atomic mass is 10.3. The van der Waals surface area contributed by atoms with Crippen LogP contribution in [0.25, 0.3) is 5.65 Å². The highest BCUT2D eigenvalue weighted by Gasteiger charge is 2.08. The van der Waals surface area contributed by atoms with E-state index in [4.69, 9.17) is 10.5 Å². The number of hydrogen-bond donors (Lipinski definition) is 1. The van der Waals surface area contributed by atoms with Crippen molar-refractivity contribution in [1.82, 2.24) is 14.4 Å². The van der Waals surface area contributed by atoms with Gasteiger partial charge in [0.1, 0.15) is 11.5 Å². The van der Waals surface area contributed by atoms with Crippen LogP contribution in [0.2, 0.25) is 0 Å². The molecule has 0 aliphatic carbocycles. The summed E-state index contributed by atoms with van der Waals surface area (Å²) in [7, 11) is 1.55. The van der Waals surface area contributed by atoms with Crippen LogP contribution in [0.5, 0.6) is 5.88 Å². The van der Waals surface area contributed by atoms with E-state index in [2.05, 4.69) is 9.97 Å². The van der Waals surface area contributed by atoms with Crippen molar-refractivity contribution in [2.75, 3.05) is 7.11 Å². The third kappa shape index (κ3) is 1.81. The summed E-state index contributed by atoms with van der Waals surface area (Å²) in [5.41, 5.74) is 6.44. The molecule has 0 radical (unpaired) electrons. The van der Waals surface area contributed by atoms with Crippen LogP contribution in [0.3, 0.4) is 0 Å². The van der Waals surface area contributed by atoms with Crippen LogP contribution in [0, 0.1) is 6.92 Å². The van der Waals surface area contributed by atoms with Gasteiger partial charge in [-0.3, -0.25) is 9.20 Å². The largest absolute Gasteiger partial charge is 0.481 e. The number of primary amides is 1. The first kappa shape index (κ1) is 10.4. The van der Waals surface area contributed by atoms with Crippen LogP contribution in [0.1, 0.15) is 11.5 Å². The van der Waals surface area contributed by atoms with Crippen LogP contribution in [0.4, 0.5) is 0 Å². The summed E-state index contributed by atoms with van der Waals surface area (Å²) in [4.78, 5) is 19.2. The number of carbonyl (C=O) groups is 1. The van der Waals surface area contributed by atoms with Crippen molar-refractivity contribution in [1.29, 1.82) is 0 Å². The minimum absolute atomic E-state index is 0.128. The second kappa shape index (κ2) is 3.80. The van der Waals surface area contributed by atoms with Crippen molar-refractivity contribution in [3.63, 3.8) is 0 Å². The van der Waals surface area contributed by atoms with E-state index in [9.17, 15) is 4.79 Å². The molecule has 0 bridgehead atoms. The topological polar surface area (TPSA) is 82.5 Å². The van der Waals surface area contributed by atoms with Gasteiger partial charge in [0.05, 0.1) is 19.2 Å². The van der Waals surface area contributed by atoms with E-state index in [1.807, 2.05) is 6.92 Å². The lowest BCUT2D eigenvalue weighted by Crippen LogP contribution is -2.13. The fourth-order valence-corrected chi connectivity index (χ4v) is 1.53. The number of aromatic nitrogens is 3. The Kier molecular flexibility index (Phi) is 2.47. The zero-order valence-electron chi connectivity index (χ0n) is 9.10. The first-order chi connectivity index (χ1) is 7.60. The molecule has 0 aromatic carbocycles. The molecule has 2 heterocycles. The predicted octanol–water partition coefficient (Wildman–Crippen LogP) is 0.0741. The molecule has 0 unspecified atom stereocenters. The molecule has 2 aromatic rings. The summed E-state index contributed by atoms with van der Waals surface area (Å²) in [6, 6.07) is 1.71. The van der Waals surface area contributed by atoms with Gasteiger partial charge in [0.25, 0.3) is 0 Å². The van der Waals surface area contributed by atoms with Gasteiger partial charge in [-0.05, 0) is 6.92 Å². The van der Waals surface area contributed by atoms with Crippen LogP contribution in [-0.2, 0) is 11.2 Å². The van der Waals surface area contributed by atoms with Crippen LogP contribution in [0.15, 0.2) is 12.3 Å². The predicted molar refractivity (Wildman–Crippen MR) is 57.2 cm³/mol. The van der Waals surface area contributed by atoms with E-state index in [1.54, 1.807) is 23.8 Å². The van der Waals surface area contributed by atoms with Crippen molar-refractivity contribution < 1.29 is 9.53 Å². The fraction of sp³-hybridized carbons (Fsp3) is 0.300. The number of nitrogens with two attached hydrogens (primary N) is 1. The van der Waals surface area contributed by atoms with Gasteiger partial charge in [-0.15, -0.1) is 0 Å². The Hall–Kier alpha value is -2.11. The van der Waals surface area contributed by atoms with Gasteiger partial charge in [0.2, 0.25) is 11.8 Å². The number of hydrogen-bond acceptors (Lipinski definition) is 4. The number of ether oxygens (including phenoxy) is 1. The van der Waals surface area contributed by atoms with Crippen LogP contribution in [-0.4, -0.2) is 27.4 Å². The minimum Gasteiger partial charge on any atom is -0.481 e. The summed E-state index contributed by atoms with van der Waals surface area (Å²) in [6.07, 6.45) is 1.88. The molecule has 1 amide bonds. The van der Waals surface area contributed by atoms with E-state index >= 15 is 0 Å². The Morgan fingerprint density at radius 3 is 2.94 bits per heavy atom. The van der Waals surface area contributed by atoms with Crippen molar-refractivity contribution >= 4 is 11.6 Å². The number of fused-ring (bicyclic) bond motifs is 1. The maximum atomic E-state index is 10.8. The van der Waals surface area contributed by atoms with E-state index in [0.29, 0.717) is 17.2 Å².